The molecule has 2 atom stereocenters. The van der Waals surface area contributed by atoms with E-state index in [1.807, 2.05) is 19.9 Å². The molecule has 3 nitrogen and oxygen atoms in total. The first kappa shape index (κ1) is 14.6. The van der Waals surface area contributed by atoms with Crippen LogP contribution in [0.1, 0.15) is 41.5 Å². The molecular formula is C15H22ClNO2. The summed E-state index contributed by atoms with van der Waals surface area (Å²) in [6.07, 6.45) is 2.27. The van der Waals surface area contributed by atoms with Gasteiger partial charge in [0.2, 0.25) is 0 Å². The van der Waals surface area contributed by atoms with Gasteiger partial charge in [0.15, 0.2) is 5.78 Å². The Balaban J connectivity index is 2.10. The number of Topliss-reactive ketones (excluding diaryl/α,β-unsaturated/α-hetero) is 1. The molecule has 4 heteroatoms. The first-order valence-corrected chi connectivity index (χ1v) is 7.37. The van der Waals surface area contributed by atoms with Gasteiger partial charge in [0.05, 0.1) is 5.38 Å². The van der Waals surface area contributed by atoms with Crippen molar-refractivity contribution in [2.45, 2.75) is 45.5 Å². The summed E-state index contributed by atoms with van der Waals surface area (Å²) >= 11 is 5.90. The molecule has 1 aliphatic rings. The van der Waals surface area contributed by atoms with Crippen LogP contribution in [0.3, 0.4) is 0 Å². The van der Waals surface area contributed by atoms with E-state index in [-0.39, 0.29) is 5.78 Å². The first-order valence-electron chi connectivity index (χ1n) is 6.93. The van der Waals surface area contributed by atoms with Gasteiger partial charge in [0.1, 0.15) is 0 Å². The zero-order valence-electron chi connectivity index (χ0n) is 11.9. The number of alkyl halides is 1. The smallest absolute Gasteiger partial charge is 0.182 e. The Morgan fingerprint density at radius 2 is 2.32 bits per heavy atom. The molecule has 0 aromatic carbocycles. The van der Waals surface area contributed by atoms with Crippen molar-refractivity contribution in [3.05, 3.63) is 23.0 Å². The van der Waals surface area contributed by atoms with Crippen LogP contribution in [0, 0.1) is 19.8 Å². The predicted octanol–water partition coefficient (Wildman–Crippen LogP) is 3.34. The molecule has 1 aromatic heterocycles. The lowest BCUT2D eigenvalue weighted by Crippen LogP contribution is -2.13. The molecule has 0 N–H and O–H groups in total. The molecule has 0 amide bonds. The Morgan fingerprint density at radius 3 is 2.89 bits per heavy atom. The van der Waals surface area contributed by atoms with E-state index in [4.69, 9.17) is 16.3 Å². The molecule has 19 heavy (non-hydrogen) atoms. The standard InChI is InChI=1S/C15H22ClNO2/c1-10-8-14(15(18)11(2)16)12(3)17(10)6-4-13-5-7-19-9-13/h8,11,13H,4-7,9H2,1-3H3. The second kappa shape index (κ2) is 6.10. The molecule has 106 valence electrons. The van der Waals surface area contributed by atoms with E-state index in [1.54, 1.807) is 6.92 Å². The molecule has 1 fully saturated rings. The second-order valence-corrected chi connectivity index (χ2v) is 6.09. The summed E-state index contributed by atoms with van der Waals surface area (Å²) in [5, 5.41) is -0.461. The van der Waals surface area contributed by atoms with Gasteiger partial charge in [-0.25, -0.2) is 0 Å². The van der Waals surface area contributed by atoms with Gasteiger partial charge in [-0.1, -0.05) is 0 Å². The average molecular weight is 284 g/mol. The third-order valence-corrected chi connectivity index (χ3v) is 4.18. The topological polar surface area (TPSA) is 31.2 Å². The Labute approximate surface area is 119 Å². The maximum atomic E-state index is 12.0. The van der Waals surface area contributed by atoms with Crippen molar-refractivity contribution in [3.8, 4) is 0 Å². The molecule has 0 bridgehead atoms. The highest BCUT2D eigenvalue weighted by molar-refractivity contribution is 6.33. The van der Waals surface area contributed by atoms with Crippen LogP contribution in [0.15, 0.2) is 6.07 Å². The molecule has 1 aliphatic heterocycles. The van der Waals surface area contributed by atoms with E-state index in [9.17, 15) is 4.79 Å². The summed E-state index contributed by atoms with van der Waals surface area (Å²) in [5.41, 5.74) is 2.94. The molecule has 2 heterocycles. The van der Waals surface area contributed by atoms with E-state index in [1.165, 1.54) is 0 Å². The minimum Gasteiger partial charge on any atom is -0.381 e. The Morgan fingerprint density at radius 1 is 1.58 bits per heavy atom. The maximum absolute atomic E-state index is 12.0. The molecule has 2 unspecified atom stereocenters. The van der Waals surface area contributed by atoms with Crippen molar-refractivity contribution < 1.29 is 9.53 Å². The number of aromatic nitrogens is 1. The predicted molar refractivity (Wildman–Crippen MR) is 77.1 cm³/mol. The number of nitrogens with zero attached hydrogens (tertiary/aromatic N) is 1. The van der Waals surface area contributed by atoms with Crippen LogP contribution in [-0.2, 0) is 11.3 Å². The summed E-state index contributed by atoms with van der Waals surface area (Å²) in [4.78, 5) is 12.0. The quantitative estimate of drug-likeness (QED) is 0.613. The lowest BCUT2D eigenvalue weighted by molar-refractivity contribution is 0.0991. The third kappa shape index (κ3) is 3.21. The van der Waals surface area contributed by atoms with Crippen molar-refractivity contribution in [3.63, 3.8) is 0 Å². The van der Waals surface area contributed by atoms with Gasteiger partial charge >= 0.3 is 0 Å². The number of hydrogen-bond donors (Lipinski definition) is 0. The first-order chi connectivity index (χ1) is 9.00. The van der Waals surface area contributed by atoms with E-state index in [2.05, 4.69) is 4.57 Å². The minimum absolute atomic E-state index is 0.0187. The molecule has 0 saturated carbocycles. The highest BCUT2D eigenvalue weighted by Crippen LogP contribution is 2.22. The monoisotopic (exact) mass is 283 g/mol. The molecule has 0 aliphatic carbocycles. The highest BCUT2D eigenvalue weighted by atomic mass is 35.5. The van der Waals surface area contributed by atoms with Gasteiger partial charge in [-0.3, -0.25) is 4.79 Å². The largest absolute Gasteiger partial charge is 0.381 e. The van der Waals surface area contributed by atoms with Crippen molar-refractivity contribution in [2.24, 2.45) is 5.92 Å². The minimum atomic E-state index is -0.461. The zero-order chi connectivity index (χ0) is 14.0. The summed E-state index contributed by atoms with van der Waals surface area (Å²) in [7, 11) is 0. The number of aryl methyl sites for hydroxylation is 1. The van der Waals surface area contributed by atoms with Crippen LogP contribution in [-0.4, -0.2) is 28.9 Å². The van der Waals surface area contributed by atoms with E-state index in [0.717, 1.165) is 49.6 Å². The fourth-order valence-corrected chi connectivity index (χ4v) is 2.85. The lowest BCUT2D eigenvalue weighted by atomic mass is 10.1. The fraction of sp³-hybridized carbons (Fsp3) is 0.667. The van der Waals surface area contributed by atoms with Crippen LogP contribution < -0.4 is 0 Å². The Bertz CT molecular complexity index is 459. The van der Waals surface area contributed by atoms with Gasteiger partial charge in [0, 0.05) is 36.7 Å². The van der Waals surface area contributed by atoms with Crippen LogP contribution in [0.25, 0.3) is 0 Å². The van der Waals surface area contributed by atoms with Gasteiger partial charge in [0.25, 0.3) is 0 Å². The number of carbonyl (C=O) groups is 1. The van der Waals surface area contributed by atoms with Crippen molar-refractivity contribution in [1.82, 2.24) is 4.57 Å². The van der Waals surface area contributed by atoms with Gasteiger partial charge in [-0.05, 0) is 45.6 Å². The molecule has 1 saturated heterocycles. The van der Waals surface area contributed by atoms with Crippen molar-refractivity contribution in [1.29, 1.82) is 0 Å². The summed E-state index contributed by atoms with van der Waals surface area (Å²) in [5.74, 6) is 0.678. The van der Waals surface area contributed by atoms with E-state index < -0.39 is 5.38 Å². The molecular weight excluding hydrogens is 262 g/mol. The van der Waals surface area contributed by atoms with Gasteiger partial charge < -0.3 is 9.30 Å². The number of hydrogen-bond acceptors (Lipinski definition) is 2. The average Bonchev–Trinajstić information content (AvgIpc) is 2.96. The number of halogens is 1. The molecule has 1 aromatic rings. The zero-order valence-corrected chi connectivity index (χ0v) is 12.7. The molecule has 2 rings (SSSR count). The summed E-state index contributed by atoms with van der Waals surface area (Å²) in [6.45, 7) is 8.51. The Kier molecular flexibility index (Phi) is 4.69. The molecule has 0 radical (unpaired) electrons. The van der Waals surface area contributed by atoms with E-state index in [0.29, 0.717) is 5.92 Å². The second-order valence-electron chi connectivity index (χ2n) is 5.43. The third-order valence-electron chi connectivity index (χ3n) is 3.99. The van der Waals surface area contributed by atoms with Crippen LogP contribution in [0.2, 0.25) is 0 Å². The number of ketones is 1. The summed E-state index contributed by atoms with van der Waals surface area (Å²) < 4.78 is 7.63. The van der Waals surface area contributed by atoms with Crippen LogP contribution in [0.5, 0.6) is 0 Å². The Hall–Kier alpha value is -0.800. The van der Waals surface area contributed by atoms with Crippen LogP contribution >= 0.6 is 11.6 Å². The maximum Gasteiger partial charge on any atom is 0.182 e. The lowest BCUT2D eigenvalue weighted by Gasteiger charge is -2.12. The highest BCUT2D eigenvalue weighted by Gasteiger charge is 2.20. The number of ether oxygens (including phenoxy) is 1. The number of rotatable bonds is 5. The van der Waals surface area contributed by atoms with E-state index >= 15 is 0 Å². The fourth-order valence-electron chi connectivity index (χ4n) is 2.73. The summed E-state index contributed by atoms with van der Waals surface area (Å²) in [6, 6.07) is 1.96. The molecule has 0 spiro atoms. The van der Waals surface area contributed by atoms with Crippen LogP contribution in [0.4, 0.5) is 0 Å². The van der Waals surface area contributed by atoms with Gasteiger partial charge in [-0.2, -0.15) is 0 Å². The van der Waals surface area contributed by atoms with Crippen molar-refractivity contribution in [2.75, 3.05) is 13.2 Å². The van der Waals surface area contributed by atoms with Gasteiger partial charge in [-0.15, -0.1) is 11.6 Å². The van der Waals surface area contributed by atoms with Crippen molar-refractivity contribution >= 4 is 17.4 Å². The normalized spacial score (nSPS) is 20.7. The number of carbonyl (C=O) groups excluding carboxylic acids is 1. The SMILES string of the molecule is Cc1cc(C(=O)C(C)Cl)c(C)n1CCC1CCOC1.